The number of thiazole rings is 1. The highest BCUT2D eigenvalue weighted by molar-refractivity contribution is 7.15. The molecule has 3 aromatic rings. The lowest BCUT2D eigenvalue weighted by Gasteiger charge is -2.09. The first kappa shape index (κ1) is 19.5. The molecular formula is C20H19N3O4S. The first-order valence-electron chi connectivity index (χ1n) is 8.58. The minimum absolute atomic E-state index is 0.0548. The van der Waals surface area contributed by atoms with Crippen molar-refractivity contribution in [3.8, 4) is 5.75 Å². The number of rotatable bonds is 7. The molecule has 1 amide bonds. The highest BCUT2D eigenvalue weighted by atomic mass is 32.1. The molecule has 7 nitrogen and oxygen atoms in total. The van der Waals surface area contributed by atoms with E-state index in [9.17, 15) is 14.9 Å². The van der Waals surface area contributed by atoms with Gasteiger partial charge in [-0.15, -0.1) is 11.3 Å². The van der Waals surface area contributed by atoms with Crippen molar-refractivity contribution in [2.24, 2.45) is 0 Å². The molecule has 0 aliphatic rings. The average molecular weight is 397 g/mol. The van der Waals surface area contributed by atoms with Crippen molar-refractivity contribution in [1.29, 1.82) is 0 Å². The number of non-ortho nitro benzene ring substituents is 1. The van der Waals surface area contributed by atoms with E-state index in [1.54, 1.807) is 12.3 Å². The summed E-state index contributed by atoms with van der Waals surface area (Å²) in [6.07, 6.45) is 2.17. The number of hydrogen-bond acceptors (Lipinski definition) is 6. The number of nitrogens with one attached hydrogen (secondary N) is 1. The topological polar surface area (TPSA) is 94.4 Å². The number of aromatic nitrogens is 1. The van der Waals surface area contributed by atoms with E-state index in [1.807, 2.05) is 38.1 Å². The van der Waals surface area contributed by atoms with Gasteiger partial charge in [-0.2, -0.15) is 0 Å². The van der Waals surface area contributed by atoms with Crippen molar-refractivity contribution in [2.75, 3.05) is 11.9 Å². The monoisotopic (exact) mass is 397 g/mol. The van der Waals surface area contributed by atoms with Crippen LogP contribution in [-0.4, -0.2) is 22.4 Å². The predicted molar refractivity (Wildman–Crippen MR) is 108 cm³/mol. The summed E-state index contributed by atoms with van der Waals surface area (Å²) in [5, 5.41) is 14.1. The van der Waals surface area contributed by atoms with Gasteiger partial charge in [0.1, 0.15) is 5.75 Å². The number of nitrogens with zero attached hydrogens (tertiary/aromatic N) is 2. The highest BCUT2D eigenvalue weighted by Gasteiger charge is 2.11. The summed E-state index contributed by atoms with van der Waals surface area (Å²) < 4.78 is 5.59. The molecule has 144 valence electrons. The molecule has 0 saturated heterocycles. The van der Waals surface area contributed by atoms with Crippen LogP contribution >= 0.6 is 11.3 Å². The van der Waals surface area contributed by atoms with Crippen molar-refractivity contribution in [3.63, 3.8) is 0 Å². The third-order valence-electron chi connectivity index (χ3n) is 4.00. The van der Waals surface area contributed by atoms with E-state index < -0.39 is 4.92 Å². The zero-order valence-corrected chi connectivity index (χ0v) is 16.3. The van der Waals surface area contributed by atoms with E-state index in [2.05, 4.69) is 10.3 Å². The number of carbonyl (C=O) groups excluding carboxylic acids is 1. The van der Waals surface area contributed by atoms with Gasteiger partial charge in [-0.25, -0.2) is 4.98 Å². The maximum atomic E-state index is 12.1. The van der Waals surface area contributed by atoms with Crippen molar-refractivity contribution in [1.82, 2.24) is 4.98 Å². The summed E-state index contributed by atoms with van der Waals surface area (Å²) in [5.41, 5.74) is 2.90. The summed E-state index contributed by atoms with van der Waals surface area (Å²) in [7, 11) is 0. The van der Waals surface area contributed by atoms with Crippen LogP contribution in [0.4, 0.5) is 10.8 Å². The second-order valence-corrected chi connectivity index (χ2v) is 7.46. The number of anilines is 1. The standard InChI is InChI=1S/C20H19N3O4S/c1-13-6-7-14(2)18(8-13)27-12-19(24)22-20-21-11-17(28-20)10-15-4-3-5-16(9-15)23(25)26/h3-9,11H,10,12H2,1-2H3,(H,21,22,24). The lowest BCUT2D eigenvalue weighted by atomic mass is 10.1. The number of hydrogen-bond donors (Lipinski definition) is 1. The van der Waals surface area contributed by atoms with Crippen molar-refractivity contribution in [2.45, 2.75) is 20.3 Å². The van der Waals surface area contributed by atoms with Gasteiger partial charge in [0.2, 0.25) is 0 Å². The number of amides is 1. The number of nitro benzene ring substituents is 1. The van der Waals surface area contributed by atoms with Crippen LogP contribution in [-0.2, 0) is 11.2 Å². The molecule has 0 bridgehead atoms. The lowest BCUT2D eigenvalue weighted by molar-refractivity contribution is -0.384. The maximum Gasteiger partial charge on any atom is 0.269 e. The average Bonchev–Trinajstić information content (AvgIpc) is 3.09. The molecule has 0 atom stereocenters. The Hall–Kier alpha value is -3.26. The van der Waals surface area contributed by atoms with E-state index >= 15 is 0 Å². The highest BCUT2D eigenvalue weighted by Crippen LogP contribution is 2.23. The Morgan fingerprint density at radius 2 is 2.07 bits per heavy atom. The van der Waals surface area contributed by atoms with Gasteiger partial charge in [0.15, 0.2) is 11.7 Å². The number of ether oxygens (including phenoxy) is 1. The molecular weight excluding hydrogens is 378 g/mol. The van der Waals surface area contributed by atoms with E-state index in [4.69, 9.17) is 4.74 Å². The summed E-state index contributed by atoms with van der Waals surface area (Å²) in [4.78, 5) is 27.7. The Kier molecular flexibility index (Phi) is 6.00. The number of aryl methyl sites for hydroxylation is 2. The molecule has 1 heterocycles. The van der Waals surface area contributed by atoms with Crippen molar-refractivity contribution >= 4 is 28.1 Å². The van der Waals surface area contributed by atoms with Gasteiger partial charge >= 0.3 is 0 Å². The quantitative estimate of drug-likeness (QED) is 0.474. The SMILES string of the molecule is Cc1ccc(C)c(OCC(=O)Nc2ncc(Cc3cccc([N+](=O)[O-])c3)s2)c1. The van der Waals surface area contributed by atoms with Gasteiger partial charge in [-0.3, -0.25) is 20.2 Å². The van der Waals surface area contributed by atoms with Crippen LogP contribution in [0.25, 0.3) is 0 Å². The maximum absolute atomic E-state index is 12.1. The van der Waals surface area contributed by atoms with Crippen LogP contribution in [0.5, 0.6) is 5.75 Å². The second-order valence-electron chi connectivity index (χ2n) is 6.34. The van der Waals surface area contributed by atoms with Gasteiger partial charge in [-0.05, 0) is 36.6 Å². The molecule has 0 aliphatic carbocycles. The molecule has 0 unspecified atom stereocenters. The zero-order chi connectivity index (χ0) is 20.1. The van der Waals surface area contributed by atoms with E-state index in [0.717, 1.165) is 21.6 Å². The Balaban J connectivity index is 1.56. The largest absolute Gasteiger partial charge is 0.483 e. The first-order chi connectivity index (χ1) is 13.4. The van der Waals surface area contributed by atoms with Crippen LogP contribution in [0.2, 0.25) is 0 Å². The normalized spacial score (nSPS) is 10.5. The molecule has 0 saturated carbocycles. The molecule has 0 radical (unpaired) electrons. The Bertz CT molecular complexity index is 1020. The molecule has 3 rings (SSSR count). The number of nitro groups is 1. The van der Waals surface area contributed by atoms with Crippen LogP contribution in [0.3, 0.4) is 0 Å². The molecule has 8 heteroatoms. The van der Waals surface area contributed by atoms with E-state index in [1.165, 1.54) is 23.5 Å². The van der Waals surface area contributed by atoms with Gasteiger partial charge in [0.25, 0.3) is 11.6 Å². The Morgan fingerprint density at radius 3 is 2.86 bits per heavy atom. The van der Waals surface area contributed by atoms with E-state index in [-0.39, 0.29) is 18.2 Å². The van der Waals surface area contributed by atoms with Gasteiger partial charge < -0.3 is 4.74 Å². The number of carbonyl (C=O) groups is 1. The van der Waals surface area contributed by atoms with Crippen molar-refractivity contribution < 1.29 is 14.5 Å². The fraction of sp³-hybridized carbons (Fsp3) is 0.200. The van der Waals surface area contributed by atoms with Gasteiger partial charge in [-0.1, -0.05) is 24.3 Å². The molecule has 1 N–H and O–H groups in total. The number of benzene rings is 2. The van der Waals surface area contributed by atoms with E-state index in [0.29, 0.717) is 17.3 Å². The summed E-state index contributed by atoms with van der Waals surface area (Å²) in [5.74, 6) is 0.387. The Labute approximate surface area is 166 Å². The summed E-state index contributed by atoms with van der Waals surface area (Å²) in [6, 6.07) is 12.3. The smallest absolute Gasteiger partial charge is 0.269 e. The van der Waals surface area contributed by atoms with Crippen LogP contribution in [0, 0.1) is 24.0 Å². The molecule has 0 spiro atoms. The van der Waals surface area contributed by atoms with Crippen LogP contribution in [0.1, 0.15) is 21.6 Å². The predicted octanol–water partition coefficient (Wildman–Crippen LogP) is 4.28. The Morgan fingerprint density at radius 1 is 1.25 bits per heavy atom. The summed E-state index contributed by atoms with van der Waals surface area (Å²) >= 11 is 1.33. The fourth-order valence-corrected chi connectivity index (χ4v) is 3.45. The minimum Gasteiger partial charge on any atom is -0.483 e. The molecule has 0 aliphatic heterocycles. The second kappa shape index (κ2) is 8.62. The van der Waals surface area contributed by atoms with Gasteiger partial charge in [0.05, 0.1) is 4.92 Å². The minimum atomic E-state index is -0.419. The first-order valence-corrected chi connectivity index (χ1v) is 9.40. The van der Waals surface area contributed by atoms with Gasteiger partial charge in [0, 0.05) is 29.6 Å². The molecule has 28 heavy (non-hydrogen) atoms. The lowest BCUT2D eigenvalue weighted by Crippen LogP contribution is -2.20. The molecule has 1 aromatic heterocycles. The zero-order valence-electron chi connectivity index (χ0n) is 15.5. The molecule has 0 fully saturated rings. The third-order valence-corrected chi connectivity index (χ3v) is 4.91. The van der Waals surface area contributed by atoms with Crippen LogP contribution < -0.4 is 10.1 Å². The van der Waals surface area contributed by atoms with Crippen LogP contribution in [0.15, 0.2) is 48.7 Å². The fourth-order valence-electron chi connectivity index (χ4n) is 2.59. The van der Waals surface area contributed by atoms with Crippen molar-refractivity contribution in [3.05, 3.63) is 80.3 Å². The third kappa shape index (κ3) is 5.14. The molecule has 2 aromatic carbocycles. The summed E-state index contributed by atoms with van der Waals surface area (Å²) in [6.45, 7) is 3.78.